The Kier molecular flexibility index (Phi) is 7.07. The van der Waals surface area contributed by atoms with Crippen molar-refractivity contribution in [1.82, 2.24) is 5.32 Å². The maximum atomic E-state index is 5.36. The molecule has 0 amide bonds. The molecule has 0 saturated carbocycles. The second-order valence-corrected chi connectivity index (χ2v) is 6.51. The molecule has 25 heavy (non-hydrogen) atoms. The molecule has 2 aromatic rings. The summed E-state index contributed by atoms with van der Waals surface area (Å²) in [7, 11) is 3.28. The zero-order chi connectivity index (χ0) is 18.2. The third-order valence-corrected chi connectivity index (χ3v) is 4.23. The molecule has 5 heteroatoms. The van der Waals surface area contributed by atoms with Crippen molar-refractivity contribution in [3.8, 4) is 11.5 Å². The number of hydrogen-bond donors (Lipinski definition) is 2. The minimum atomic E-state index is 0.528. The fourth-order valence-electron chi connectivity index (χ4n) is 2.48. The molecule has 0 aliphatic heterocycles. The Morgan fingerprint density at radius 2 is 1.68 bits per heavy atom. The van der Waals surface area contributed by atoms with Gasteiger partial charge in [0.15, 0.2) is 16.6 Å². The lowest BCUT2D eigenvalue weighted by molar-refractivity contribution is 0.354. The highest BCUT2D eigenvalue weighted by Crippen LogP contribution is 2.27. The third-order valence-electron chi connectivity index (χ3n) is 3.98. The van der Waals surface area contributed by atoms with Crippen molar-refractivity contribution in [3.05, 3.63) is 53.6 Å². The summed E-state index contributed by atoms with van der Waals surface area (Å²) >= 11 is 5.36. The summed E-state index contributed by atoms with van der Waals surface area (Å²) in [4.78, 5) is 0. The van der Waals surface area contributed by atoms with Gasteiger partial charge in [-0.15, -0.1) is 0 Å². The molecular weight excluding hydrogens is 332 g/mol. The Labute approximate surface area is 155 Å². The van der Waals surface area contributed by atoms with Crippen LogP contribution in [0.2, 0.25) is 0 Å². The van der Waals surface area contributed by atoms with Crippen LogP contribution < -0.4 is 20.1 Å². The maximum Gasteiger partial charge on any atom is 0.170 e. The number of methoxy groups -OCH3 is 2. The quantitative estimate of drug-likeness (QED) is 0.720. The standard InChI is InChI=1S/C20H26N2O2S/c1-14(2)16-6-8-17(9-7-16)22-20(25)21-12-11-15-5-10-18(23-3)19(13-15)24-4/h5-10,13-14H,11-12H2,1-4H3,(H2,21,22,25). The van der Waals surface area contributed by atoms with Gasteiger partial charge < -0.3 is 20.1 Å². The van der Waals surface area contributed by atoms with E-state index in [0.29, 0.717) is 11.0 Å². The van der Waals surface area contributed by atoms with Crippen LogP contribution >= 0.6 is 12.2 Å². The minimum absolute atomic E-state index is 0.528. The highest BCUT2D eigenvalue weighted by Gasteiger charge is 2.05. The molecular formula is C20H26N2O2S. The van der Waals surface area contributed by atoms with Gasteiger partial charge in [-0.2, -0.15) is 0 Å². The van der Waals surface area contributed by atoms with E-state index in [1.54, 1.807) is 14.2 Å². The van der Waals surface area contributed by atoms with Gasteiger partial charge in [0.1, 0.15) is 0 Å². The lowest BCUT2D eigenvalue weighted by Crippen LogP contribution is -2.30. The number of ether oxygens (including phenoxy) is 2. The van der Waals surface area contributed by atoms with E-state index in [0.717, 1.165) is 35.7 Å². The van der Waals surface area contributed by atoms with Crippen LogP contribution in [0, 0.1) is 0 Å². The Balaban J connectivity index is 1.82. The Morgan fingerprint density at radius 1 is 1.00 bits per heavy atom. The molecule has 0 bridgehead atoms. The number of anilines is 1. The average molecular weight is 359 g/mol. The first-order valence-corrected chi connectivity index (χ1v) is 8.80. The van der Waals surface area contributed by atoms with Crippen LogP contribution in [-0.4, -0.2) is 25.9 Å². The largest absolute Gasteiger partial charge is 0.493 e. The van der Waals surface area contributed by atoms with Crippen LogP contribution in [0.3, 0.4) is 0 Å². The predicted octanol–water partition coefficient (Wildman–Crippen LogP) is 4.36. The van der Waals surface area contributed by atoms with Crippen LogP contribution in [0.1, 0.15) is 30.9 Å². The lowest BCUT2D eigenvalue weighted by atomic mass is 10.0. The zero-order valence-electron chi connectivity index (χ0n) is 15.3. The van der Waals surface area contributed by atoms with Gasteiger partial charge in [-0.1, -0.05) is 32.0 Å². The molecule has 0 fully saturated rings. The smallest absolute Gasteiger partial charge is 0.170 e. The summed E-state index contributed by atoms with van der Waals surface area (Å²) in [6.45, 7) is 5.11. The van der Waals surface area contributed by atoms with Gasteiger partial charge in [0, 0.05) is 12.2 Å². The fourth-order valence-corrected chi connectivity index (χ4v) is 2.70. The molecule has 0 atom stereocenters. The van der Waals surface area contributed by atoms with E-state index in [2.05, 4.69) is 48.7 Å². The lowest BCUT2D eigenvalue weighted by Gasteiger charge is -2.13. The molecule has 134 valence electrons. The van der Waals surface area contributed by atoms with Crippen molar-refractivity contribution >= 4 is 23.0 Å². The normalized spacial score (nSPS) is 10.4. The first kappa shape index (κ1) is 19.1. The molecule has 0 aliphatic carbocycles. The van der Waals surface area contributed by atoms with Gasteiger partial charge in [0.05, 0.1) is 14.2 Å². The van der Waals surface area contributed by atoms with E-state index in [4.69, 9.17) is 21.7 Å². The van der Waals surface area contributed by atoms with Gasteiger partial charge in [-0.25, -0.2) is 0 Å². The van der Waals surface area contributed by atoms with Crippen LogP contribution in [0.25, 0.3) is 0 Å². The highest BCUT2D eigenvalue weighted by atomic mass is 32.1. The Hall–Kier alpha value is -2.27. The fraction of sp³-hybridized carbons (Fsp3) is 0.350. The average Bonchev–Trinajstić information content (AvgIpc) is 2.62. The van der Waals surface area contributed by atoms with Crippen molar-refractivity contribution in [1.29, 1.82) is 0 Å². The molecule has 0 saturated heterocycles. The summed E-state index contributed by atoms with van der Waals surface area (Å²) in [5.41, 5.74) is 3.47. The summed E-state index contributed by atoms with van der Waals surface area (Å²) in [5, 5.41) is 7.07. The second-order valence-electron chi connectivity index (χ2n) is 6.10. The first-order valence-electron chi connectivity index (χ1n) is 8.39. The topological polar surface area (TPSA) is 42.5 Å². The van der Waals surface area contributed by atoms with Crippen molar-refractivity contribution in [2.45, 2.75) is 26.2 Å². The van der Waals surface area contributed by atoms with Gasteiger partial charge in [-0.05, 0) is 59.9 Å². The van der Waals surface area contributed by atoms with E-state index in [1.807, 2.05) is 18.2 Å². The predicted molar refractivity (Wildman–Crippen MR) is 108 cm³/mol. The van der Waals surface area contributed by atoms with Gasteiger partial charge in [-0.3, -0.25) is 0 Å². The van der Waals surface area contributed by atoms with E-state index in [-0.39, 0.29) is 0 Å². The van der Waals surface area contributed by atoms with Crippen LogP contribution in [0.5, 0.6) is 11.5 Å². The first-order chi connectivity index (χ1) is 12.0. The van der Waals surface area contributed by atoms with Gasteiger partial charge in [0.25, 0.3) is 0 Å². The molecule has 0 unspecified atom stereocenters. The zero-order valence-corrected chi connectivity index (χ0v) is 16.1. The Morgan fingerprint density at radius 3 is 2.28 bits per heavy atom. The number of rotatable bonds is 7. The van der Waals surface area contributed by atoms with E-state index in [1.165, 1.54) is 5.56 Å². The molecule has 0 radical (unpaired) electrons. The summed E-state index contributed by atoms with van der Waals surface area (Å²) < 4.78 is 10.6. The molecule has 0 aromatic heterocycles. The summed E-state index contributed by atoms with van der Waals surface area (Å²) in [6, 6.07) is 14.3. The van der Waals surface area contributed by atoms with Crippen molar-refractivity contribution < 1.29 is 9.47 Å². The molecule has 4 nitrogen and oxygen atoms in total. The number of nitrogens with one attached hydrogen (secondary N) is 2. The monoisotopic (exact) mass is 358 g/mol. The number of hydrogen-bond acceptors (Lipinski definition) is 3. The number of thiocarbonyl (C=S) groups is 1. The van der Waals surface area contributed by atoms with Crippen LogP contribution in [-0.2, 0) is 6.42 Å². The molecule has 0 spiro atoms. The van der Waals surface area contributed by atoms with Crippen molar-refractivity contribution in [3.63, 3.8) is 0 Å². The second kappa shape index (κ2) is 9.28. The van der Waals surface area contributed by atoms with E-state index in [9.17, 15) is 0 Å². The molecule has 2 N–H and O–H groups in total. The summed E-state index contributed by atoms with van der Waals surface area (Å²) in [5.74, 6) is 2.01. The highest BCUT2D eigenvalue weighted by molar-refractivity contribution is 7.80. The van der Waals surface area contributed by atoms with Gasteiger partial charge in [0.2, 0.25) is 0 Å². The van der Waals surface area contributed by atoms with Crippen molar-refractivity contribution in [2.24, 2.45) is 0 Å². The van der Waals surface area contributed by atoms with E-state index < -0.39 is 0 Å². The van der Waals surface area contributed by atoms with Gasteiger partial charge >= 0.3 is 0 Å². The number of benzene rings is 2. The van der Waals surface area contributed by atoms with Crippen LogP contribution in [0.4, 0.5) is 5.69 Å². The molecule has 2 aromatic carbocycles. The minimum Gasteiger partial charge on any atom is -0.493 e. The maximum absolute atomic E-state index is 5.36. The molecule has 0 heterocycles. The third kappa shape index (κ3) is 5.64. The Bertz CT molecular complexity index is 699. The van der Waals surface area contributed by atoms with Crippen LogP contribution in [0.15, 0.2) is 42.5 Å². The SMILES string of the molecule is COc1ccc(CCNC(=S)Nc2ccc(C(C)C)cc2)cc1OC. The van der Waals surface area contributed by atoms with Crippen molar-refractivity contribution in [2.75, 3.05) is 26.1 Å². The summed E-state index contributed by atoms with van der Waals surface area (Å²) in [6.07, 6.45) is 0.842. The molecule has 2 rings (SSSR count). The van der Waals surface area contributed by atoms with E-state index >= 15 is 0 Å². The molecule has 0 aliphatic rings.